The first-order valence-electron chi connectivity index (χ1n) is 6.13. The van der Waals surface area contributed by atoms with Crippen LogP contribution in [0, 0.1) is 11.8 Å². The Morgan fingerprint density at radius 2 is 2.17 bits per heavy atom. The van der Waals surface area contributed by atoms with Gasteiger partial charge in [-0.1, -0.05) is 18.7 Å². The zero-order valence-corrected chi connectivity index (χ0v) is 10.8. The summed E-state index contributed by atoms with van der Waals surface area (Å²) < 4.78 is 10.2. The molecule has 0 heterocycles. The second-order valence-electron chi connectivity index (χ2n) is 5.33. The SMILES string of the molecule is C=C(C)C(=O)OCC(=O)OC1(C)CC2C=CC1C2. The second-order valence-corrected chi connectivity index (χ2v) is 5.33. The fourth-order valence-corrected chi connectivity index (χ4v) is 2.71. The lowest BCUT2D eigenvalue weighted by molar-refractivity contribution is -0.169. The summed E-state index contributed by atoms with van der Waals surface area (Å²) in [5.41, 5.74) is -0.163. The van der Waals surface area contributed by atoms with Crippen molar-refractivity contribution in [3.05, 3.63) is 24.3 Å². The Morgan fingerprint density at radius 3 is 2.67 bits per heavy atom. The maximum atomic E-state index is 11.7. The van der Waals surface area contributed by atoms with E-state index in [4.69, 9.17) is 9.47 Å². The average Bonchev–Trinajstić information content (AvgIpc) is 2.84. The standard InChI is InChI=1S/C14H18O4/c1-9(2)13(16)17-8-12(15)18-14(3)7-10-4-5-11(14)6-10/h4-5,10-11H,1,6-8H2,2-3H3. The third-order valence-electron chi connectivity index (χ3n) is 3.64. The minimum Gasteiger partial charge on any atom is -0.456 e. The quantitative estimate of drug-likeness (QED) is 0.435. The molecule has 0 aromatic heterocycles. The third kappa shape index (κ3) is 2.47. The number of ether oxygens (including phenoxy) is 2. The fraction of sp³-hybridized carbons (Fsp3) is 0.571. The lowest BCUT2D eigenvalue weighted by atomic mass is 9.90. The smallest absolute Gasteiger partial charge is 0.344 e. The number of hydrogen-bond acceptors (Lipinski definition) is 4. The van der Waals surface area contributed by atoms with Gasteiger partial charge in [-0.25, -0.2) is 9.59 Å². The molecule has 2 aliphatic rings. The van der Waals surface area contributed by atoms with Crippen LogP contribution < -0.4 is 0 Å². The van der Waals surface area contributed by atoms with Gasteiger partial charge in [-0.3, -0.25) is 0 Å². The van der Waals surface area contributed by atoms with E-state index in [1.165, 1.54) is 6.92 Å². The number of rotatable bonds is 4. The summed E-state index contributed by atoms with van der Waals surface area (Å²) in [5.74, 6) is -0.243. The van der Waals surface area contributed by atoms with Gasteiger partial charge >= 0.3 is 11.9 Å². The predicted molar refractivity (Wildman–Crippen MR) is 65.6 cm³/mol. The second kappa shape index (κ2) is 4.59. The number of hydrogen-bond donors (Lipinski definition) is 0. The van der Waals surface area contributed by atoms with E-state index in [0.29, 0.717) is 11.8 Å². The highest BCUT2D eigenvalue weighted by atomic mass is 16.6. The molecule has 1 fully saturated rings. The van der Waals surface area contributed by atoms with E-state index < -0.39 is 17.5 Å². The van der Waals surface area contributed by atoms with E-state index in [2.05, 4.69) is 18.7 Å². The molecule has 18 heavy (non-hydrogen) atoms. The molecule has 3 unspecified atom stereocenters. The average molecular weight is 250 g/mol. The lowest BCUT2D eigenvalue weighted by Crippen LogP contribution is -2.37. The highest BCUT2D eigenvalue weighted by Gasteiger charge is 2.47. The summed E-state index contributed by atoms with van der Waals surface area (Å²) >= 11 is 0. The Labute approximate surface area is 107 Å². The Balaban J connectivity index is 1.83. The van der Waals surface area contributed by atoms with E-state index >= 15 is 0 Å². The first kappa shape index (κ1) is 12.9. The van der Waals surface area contributed by atoms with Gasteiger partial charge in [0.15, 0.2) is 6.61 Å². The van der Waals surface area contributed by atoms with Gasteiger partial charge in [0.1, 0.15) is 5.60 Å². The van der Waals surface area contributed by atoms with Gasteiger partial charge in [0.2, 0.25) is 0 Å². The van der Waals surface area contributed by atoms with Gasteiger partial charge in [0.25, 0.3) is 0 Å². The molecule has 0 amide bonds. The van der Waals surface area contributed by atoms with Gasteiger partial charge in [0.05, 0.1) is 0 Å². The lowest BCUT2D eigenvalue weighted by Gasteiger charge is -2.31. The zero-order valence-electron chi connectivity index (χ0n) is 10.8. The number of fused-ring (bicyclic) bond motifs is 2. The van der Waals surface area contributed by atoms with Gasteiger partial charge in [0, 0.05) is 11.5 Å². The predicted octanol–water partition coefficient (Wildman–Crippen LogP) is 2.00. The Kier molecular flexibility index (Phi) is 3.28. The summed E-state index contributed by atoms with van der Waals surface area (Å²) in [6.45, 7) is 6.58. The molecular formula is C14H18O4. The highest BCUT2D eigenvalue weighted by Crippen LogP contribution is 2.48. The van der Waals surface area contributed by atoms with E-state index in [-0.39, 0.29) is 12.2 Å². The Hall–Kier alpha value is -1.58. The highest BCUT2D eigenvalue weighted by molar-refractivity contribution is 5.88. The molecule has 0 aromatic carbocycles. The normalized spacial score (nSPS) is 32.3. The molecule has 2 aliphatic carbocycles. The fourth-order valence-electron chi connectivity index (χ4n) is 2.71. The van der Waals surface area contributed by atoms with Gasteiger partial charge in [-0.05, 0) is 32.6 Å². The van der Waals surface area contributed by atoms with Crippen molar-refractivity contribution in [1.82, 2.24) is 0 Å². The molecule has 1 saturated carbocycles. The van der Waals surface area contributed by atoms with E-state index in [1.807, 2.05) is 6.92 Å². The van der Waals surface area contributed by atoms with Crippen molar-refractivity contribution in [3.8, 4) is 0 Å². The van der Waals surface area contributed by atoms with Crippen molar-refractivity contribution >= 4 is 11.9 Å². The topological polar surface area (TPSA) is 52.6 Å². The first-order chi connectivity index (χ1) is 8.40. The van der Waals surface area contributed by atoms with Crippen LogP contribution in [-0.2, 0) is 19.1 Å². The van der Waals surface area contributed by atoms with E-state index in [9.17, 15) is 9.59 Å². The Morgan fingerprint density at radius 1 is 1.44 bits per heavy atom. The minimum absolute atomic E-state index is 0.275. The summed E-state index contributed by atoms with van der Waals surface area (Å²) in [5, 5.41) is 0. The Bertz CT molecular complexity index is 424. The third-order valence-corrected chi connectivity index (χ3v) is 3.64. The summed E-state index contributed by atoms with van der Waals surface area (Å²) in [6, 6.07) is 0. The van der Waals surface area contributed by atoms with Gasteiger partial charge in [-0.15, -0.1) is 0 Å². The number of allylic oxidation sites excluding steroid dienone is 1. The molecule has 0 aromatic rings. The molecule has 98 valence electrons. The van der Waals surface area contributed by atoms with E-state index in [0.717, 1.165) is 12.8 Å². The number of carbonyl (C=O) groups is 2. The van der Waals surface area contributed by atoms with E-state index in [1.54, 1.807) is 0 Å². The minimum atomic E-state index is -0.565. The molecule has 0 aliphatic heterocycles. The van der Waals surface area contributed by atoms with Crippen LogP contribution in [0.2, 0.25) is 0 Å². The first-order valence-corrected chi connectivity index (χ1v) is 6.13. The van der Waals surface area contributed by atoms with Crippen LogP contribution in [0.1, 0.15) is 26.7 Å². The van der Waals surface area contributed by atoms with Crippen LogP contribution in [-0.4, -0.2) is 24.1 Å². The molecule has 0 N–H and O–H groups in total. The molecule has 4 heteroatoms. The van der Waals surface area contributed by atoms with Crippen molar-refractivity contribution in [2.75, 3.05) is 6.61 Å². The van der Waals surface area contributed by atoms with Gasteiger partial charge < -0.3 is 9.47 Å². The zero-order chi connectivity index (χ0) is 13.3. The van der Waals surface area contributed by atoms with Gasteiger partial charge in [-0.2, -0.15) is 0 Å². The number of carbonyl (C=O) groups excluding carboxylic acids is 2. The summed E-state index contributed by atoms with van der Waals surface area (Å²) in [6.07, 6.45) is 6.20. The monoisotopic (exact) mass is 250 g/mol. The van der Waals surface area contributed by atoms with Crippen LogP contribution in [0.3, 0.4) is 0 Å². The van der Waals surface area contributed by atoms with Crippen molar-refractivity contribution < 1.29 is 19.1 Å². The molecule has 4 nitrogen and oxygen atoms in total. The van der Waals surface area contributed by atoms with Crippen molar-refractivity contribution in [3.63, 3.8) is 0 Å². The van der Waals surface area contributed by atoms with Crippen LogP contribution in [0.25, 0.3) is 0 Å². The summed E-state index contributed by atoms with van der Waals surface area (Å²) in [7, 11) is 0. The van der Waals surface area contributed by atoms with Crippen LogP contribution >= 0.6 is 0 Å². The molecule has 2 rings (SSSR count). The maximum Gasteiger partial charge on any atom is 0.344 e. The largest absolute Gasteiger partial charge is 0.456 e. The molecular weight excluding hydrogens is 232 g/mol. The van der Waals surface area contributed by atoms with Crippen LogP contribution in [0.15, 0.2) is 24.3 Å². The van der Waals surface area contributed by atoms with Crippen LogP contribution in [0.4, 0.5) is 0 Å². The summed E-state index contributed by atoms with van der Waals surface area (Å²) in [4.78, 5) is 22.8. The van der Waals surface area contributed by atoms with Crippen molar-refractivity contribution in [1.29, 1.82) is 0 Å². The van der Waals surface area contributed by atoms with Crippen molar-refractivity contribution in [2.45, 2.75) is 32.3 Å². The molecule has 0 radical (unpaired) electrons. The van der Waals surface area contributed by atoms with Crippen LogP contribution in [0.5, 0.6) is 0 Å². The maximum absolute atomic E-state index is 11.7. The molecule has 0 spiro atoms. The molecule has 3 atom stereocenters. The molecule has 2 bridgehead atoms. The number of esters is 2. The van der Waals surface area contributed by atoms with Crippen molar-refractivity contribution in [2.24, 2.45) is 11.8 Å². The molecule has 0 saturated heterocycles.